The van der Waals surface area contributed by atoms with E-state index in [0.717, 1.165) is 60.5 Å². The van der Waals surface area contributed by atoms with E-state index in [9.17, 15) is 5.11 Å². The van der Waals surface area contributed by atoms with Crippen LogP contribution in [0.1, 0.15) is 41.3 Å². The van der Waals surface area contributed by atoms with Crippen molar-refractivity contribution < 1.29 is 9.84 Å². The average Bonchev–Trinajstić information content (AvgIpc) is 3.07. The number of halogens is 2. The number of fused-ring (bicyclic) bond motifs is 1. The molecule has 1 N–H and O–H groups in total. The van der Waals surface area contributed by atoms with Gasteiger partial charge in [0.15, 0.2) is 5.72 Å². The lowest BCUT2D eigenvalue weighted by Gasteiger charge is -2.38. The molecule has 0 bridgehead atoms. The summed E-state index contributed by atoms with van der Waals surface area (Å²) in [7, 11) is 3.91. The third kappa shape index (κ3) is 5.50. The van der Waals surface area contributed by atoms with Crippen molar-refractivity contribution in [1.82, 2.24) is 19.7 Å². The van der Waals surface area contributed by atoms with Gasteiger partial charge in [0, 0.05) is 62.2 Å². The third-order valence-electron chi connectivity index (χ3n) is 7.91. The maximum atomic E-state index is 11.7. The quantitative estimate of drug-likeness (QED) is 0.438. The molecule has 1 aromatic heterocycles. The van der Waals surface area contributed by atoms with Crippen molar-refractivity contribution in [2.24, 2.45) is 0 Å². The van der Waals surface area contributed by atoms with Gasteiger partial charge in [-0.25, -0.2) is 0 Å². The Kier molecular flexibility index (Phi) is 8.13. The molecule has 38 heavy (non-hydrogen) atoms. The summed E-state index contributed by atoms with van der Waals surface area (Å²) in [6.45, 7) is 7.81. The first-order chi connectivity index (χ1) is 18.2. The molecule has 2 aromatic carbocycles. The van der Waals surface area contributed by atoms with E-state index in [2.05, 4.69) is 44.9 Å². The molecule has 202 valence electrons. The molecule has 2 aliphatic rings. The standard InChI is InChI=1S/C30H36Cl2N4O2/c1-29(37,21-35-14-4-13-34(2)15-16-35)24-7-12-28-22(17-24)19-36(20-27-11-10-26(32)18-33-27)30(28,38-3)23-5-8-25(31)9-6-23/h5-12,17-18,37H,4,13-16,19-21H2,1-3H3/t29?,30-/m1/s1. The van der Waals surface area contributed by atoms with Crippen molar-refractivity contribution in [2.75, 3.05) is 46.9 Å². The molecule has 6 nitrogen and oxygen atoms in total. The molecule has 3 aromatic rings. The Bertz CT molecular complexity index is 1250. The number of hydrogen-bond acceptors (Lipinski definition) is 6. The van der Waals surface area contributed by atoms with Crippen LogP contribution in [0, 0.1) is 0 Å². The summed E-state index contributed by atoms with van der Waals surface area (Å²) < 4.78 is 6.38. The average molecular weight is 556 g/mol. The van der Waals surface area contributed by atoms with Crippen molar-refractivity contribution in [2.45, 2.75) is 37.8 Å². The molecule has 2 atom stereocenters. The molecule has 8 heteroatoms. The Labute approximate surface area is 235 Å². The zero-order valence-corrected chi connectivity index (χ0v) is 23.8. The summed E-state index contributed by atoms with van der Waals surface area (Å²) in [5.41, 5.74) is 3.21. The molecule has 0 saturated carbocycles. The van der Waals surface area contributed by atoms with E-state index in [4.69, 9.17) is 27.9 Å². The lowest BCUT2D eigenvalue weighted by molar-refractivity contribution is -0.107. The highest BCUT2D eigenvalue weighted by molar-refractivity contribution is 6.30. The van der Waals surface area contributed by atoms with Crippen LogP contribution in [0.4, 0.5) is 0 Å². The normalized spacial score (nSPS) is 22.7. The van der Waals surface area contributed by atoms with Crippen LogP contribution in [0.15, 0.2) is 60.8 Å². The number of methoxy groups -OCH3 is 1. The van der Waals surface area contributed by atoms with Crippen LogP contribution >= 0.6 is 23.2 Å². The van der Waals surface area contributed by atoms with Crippen molar-refractivity contribution >= 4 is 23.2 Å². The largest absolute Gasteiger partial charge is 0.384 e. The summed E-state index contributed by atoms with van der Waals surface area (Å²) in [5, 5.41) is 12.9. The van der Waals surface area contributed by atoms with Crippen LogP contribution < -0.4 is 0 Å². The van der Waals surface area contributed by atoms with Gasteiger partial charge in [0.25, 0.3) is 0 Å². The molecule has 0 aliphatic carbocycles. The first-order valence-electron chi connectivity index (χ1n) is 13.1. The van der Waals surface area contributed by atoms with Gasteiger partial charge < -0.3 is 14.7 Å². The molecule has 5 rings (SSSR count). The topological polar surface area (TPSA) is 52.1 Å². The fourth-order valence-corrected chi connectivity index (χ4v) is 6.13. The van der Waals surface area contributed by atoms with Crippen LogP contribution in [0.25, 0.3) is 0 Å². The maximum Gasteiger partial charge on any atom is 0.174 e. The first-order valence-corrected chi connectivity index (χ1v) is 13.9. The minimum atomic E-state index is -0.973. The molecule has 0 spiro atoms. The van der Waals surface area contributed by atoms with Gasteiger partial charge in [0.2, 0.25) is 0 Å². The van der Waals surface area contributed by atoms with Crippen molar-refractivity contribution in [3.63, 3.8) is 0 Å². The summed E-state index contributed by atoms with van der Waals surface area (Å²) in [4.78, 5) is 11.6. The second-order valence-corrected chi connectivity index (χ2v) is 11.6. The van der Waals surface area contributed by atoms with E-state index >= 15 is 0 Å². The van der Waals surface area contributed by atoms with Crippen LogP contribution in [-0.4, -0.2) is 71.7 Å². The van der Waals surface area contributed by atoms with Gasteiger partial charge in [-0.05, 0) is 68.9 Å². The monoisotopic (exact) mass is 554 g/mol. The summed E-state index contributed by atoms with van der Waals surface area (Å²) in [6.07, 6.45) is 2.79. The smallest absolute Gasteiger partial charge is 0.174 e. The molecular weight excluding hydrogens is 519 g/mol. The van der Waals surface area contributed by atoms with Crippen LogP contribution in [0.2, 0.25) is 10.0 Å². The Morgan fingerprint density at radius 1 is 1.00 bits per heavy atom. The number of benzene rings is 2. The number of hydrogen-bond donors (Lipinski definition) is 1. The molecule has 3 heterocycles. The SMILES string of the molecule is CO[C@]1(c2ccc(Cl)cc2)c2ccc(C(C)(O)CN3CCCN(C)CC3)cc2CN1Cc1ccc(Cl)cn1. The number of rotatable bonds is 7. The minimum Gasteiger partial charge on any atom is -0.384 e. The zero-order valence-electron chi connectivity index (χ0n) is 22.3. The highest BCUT2D eigenvalue weighted by Gasteiger charge is 2.47. The van der Waals surface area contributed by atoms with E-state index in [1.54, 1.807) is 13.3 Å². The predicted octanol–water partition coefficient (Wildman–Crippen LogP) is 5.10. The molecule has 0 radical (unpaired) electrons. The lowest BCUT2D eigenvalue weighted by atomic mass is 9.88. The molecule has 1 saturated heterocycles. The lowest BCUT2D eigenvalue weighted by Crippen LogP contribution is -2.43. The van der Waals surface area contributed by atoms with Gasteiger partial charge in [-0.15, -0.1) is 0 Å². The van der Waals surface area contributed by atoms with E-state index in [1.165, 1.54) is 0 Å². The van der Waals surface area contributed by atoms with Crippen LogP contribution in [0.5, 0.6) is 0 Å². The van der Waals surface area contributed by atoms with Crippen LogP contribution in [-0.2, 0) is 29.2 Å². The van der Waals surface area contributed by atoms with Gasteiger partial charge >= 0.3 is 0 Å². The zero-order chi connectivity index (χ0) is 26.9. The Balaban J connectivity index is 1.50. The summed E-state index contributed by atoms with van der Waals surface area (Å²) >= 11 is 12.3. The first kappa shape index (κ1) is 27.5. The Hall–Kier alpha value is -2.03. The number of β-amino-alcohol motifs (C(OH)–C–C–N with tert-alkyl or cyclic N) is 1. The van der Waals surface area contributed by atoms with Gasteiger partial charge in [0.1, 0.15) is 0 Å². The van der Waals surface area contributed by atoms with Crippen LogP contribution in [0.3, 0.4) is 0 Å². The number of nitrogens with zero attached hydrogens (tertiary/aromatic N) is 4. The van der Waals surface area contributed by atoms with Gasteiger partial charge in [0.05, 0.1) is 16.3 Å². The van der Waals surface area contributed by atoms with Crippen molar-refractivity contribution in [3.05, 3.63) is 98.8 Å². The summed E-state index contributed by atoms with van der Waals surface area (Å²) in [6, 6.07) is 17.9. The molecule has 1 fully saturated rings. The van der Waals surface area contributed by atoms with E-state index in [1.807, 2.05) is 43.3 Å². The van der Waals surface area contributed by atoms with E-state index in [-0.39, 0.29) is 0 Å². The number of aromatic nitrogens is 1. The van der Waals surface area contributed by atoms with Gasteiger partial charge in [-0.1, -0.05) is 53.5 Å². The number of pyridine rings is 1. The highest BCUT2D eigenvalue weighted by Crippen LogP contribution is 2.46. The Morgan fingerprint density at radius 3 is 2.47 bits per heavy atom. The van der Waals surface area contributed by atoms with E-state index in [0.29, 0.717) is 29.7 Å². The maximum absolute atomic E-state index is 11.7. The van der Waals surface area contributed by atoms with Gasteiger partial charge in [-0.2, -0.15) is 0 Å². The fraction of sp³-hybridized carbons (Fsp3) is 0.433. The Morgan fingerprint density at radius 2 is 1.76 bits per heavy atom. The second kappa shape index (κ2) is 11.2. The highest BCUT2D eigenvalue weighted by atomic mass is 35.5. The molecule has 2 aliphatic heterocycles. The number of likely N-dealkylation sites (N-methyl/N-ethyl adjacent to an activating group) is 1. The second-order valence-electron chi connectivity index (χ2n) is 10.8. The molecule has 0 amide bonds. The van der Waals surface area contributed by atoms with Crippen molar-refractivity contribution in [1.29, 1.82) is 0 Å². The van der Waals surface area contributed by atoms with Gasteiger partial charge in [-0.3, -0.25) is 14.8 Å². The third-order valence-corrected chi connectivity index (χ3v) is 8.39. The van der Waals surface area contributed by atoms with E-state index < -0.39 is 11.3 Å². The molecule has 1 unspecified atom stereocenters. The fourth-order valence-electron chi connectivity index (χ4n) is 5.90. The minimum absolute atomic E-state index is 0.565. The predicted molar refractivity (Wildman–Crippen MR) is 152 cm³/mol. The molecular formula is C30H36Cl2N4O2. The van der Waals surface area contributed by atoms with Crippen molar-refractivity contribution in [3.8, 4) is 0 Å². The number of aliphatic hydroxyl groups is 1. The number of ether oxygens (including phenoxy) is 1. The summed E-state index contributed by atoms with van der Waals surface area (Å²) in [5.74, 6) is 0.